The zero-order valence-corrected chi connectivity index (χ0v) is 17.9. The Morgan fingerprint density at radius 2 is 2.03 bits per heavy atom. The van der Waals surface area contributed by atoms with Crippen LogP contribution in [-0.4, -0.2) is 44.4 Å². The molecule has 6 heteroatoms. The van der Waals surface area contributed by atoms with Gasteiger partial charge >= 0.3 is 0 Å². The molecule has 2 heterocycles. The SMILES string of the molecule is CCCN1C(=O)c2nc3ccccc3n2C[C@]1(C)C(=O)N[C@@H]1CCC[C@H](C)[C@@H]1C. The van der Waals surface area contributed by atoms with Crippen LogP contribution in [0.15, 0.2) is 24.3 Å². The number of rotatable bonds is 4. The minimum absolute atomic E-state index is 0.0475. The van der Waals surface area contributed by atoms with E-state index < -0.39 is 5.54 Å². The normalized spacial score (nSPS) is 29.7. The van der Waals surface area contributed by atoms with Crippen molar-refractivity contribution in [2.45, 2.75) is 71.5 Å². The molecule has 4 atom stereocenters. The number of para-hydroxylation sites is 2. The third-order valence-corrected chi connectivity index (χ3v) is 7.11. The average molecular weight is 397 g/mol. The first-order chi connectivity index (χ1) is 13.9. The van der Waals surface area contributed by atoms with Crippen LogP contribution in [0.3, 0.4) is 0 Å². The van der Waals surface area contributed by atoms with E-state index in [4.69, 9.17) is 0 Å². The van der Waals surface area contributed by atoms with Crippen molar-refractivity contribution >= 4 is 22.8 Å². The van der Waals surface area contributed by atoms with Gasteiger partial charge in [0.2, 0.25) is 5.91 Å². The lowest BCUT2D eigenvalue weighted by atomic mass is 9.77. The van der Waals surface area contributed by atoms with E-state index in [1.54, 1.807) is 4.90 Å². The van der Waals surface area contributed by atoms with Crippen molar-refractivity contribution in [2.24, 2.45) is 11.8 Å². The second-order valence-electron chi connectivity index (χ2n) is 9.09. The Morgan fingerprint density at radius 3 is 2.79 bits per heavy atom. The van der Waals surface area contributed by atoms with E-state index in [0.29, 0.717) is 30.7 Å². The molecular weight excluding hydrogens is 364 g/mol. The summed E-state index contributed by atoms with van der Waals surface area (Å²) in [7, 11) is 0. The number of hydrogen-bond donors (Lipinski definition) is 1. The summed E-state index contributed by atoms with van der Waals surface area (Å²) in [6.07, 6.45) is 4.16. The van der Waals surface area contributed by atoms with Crippen molar-refractivity contribution in [2.75, 3.05) is 6.54 Å². The van der Waals surface area contributed by atoms with Crippen LogP contribution in [0.4, 0.5) is 0 Å². The predicted octanol–water partition coefficient (Wildman–Crippen LogP) is 3.60. The van der Waals surface area contributed by atoms with E-state index in [1.165, 1.54) is 6.42 Å². The number of carbonyl (C=O) groups excluding carboxylic acids is 2. The molecule has 6 nitrogen and oxygen atoms in total. The van der Waals surface area contributed by atoms with Gasteiger partial charge in [-0.05, 0) is 43.7 Å². The number of amides is 2. The Kier molecular flexibility index (Phi) is 5.13. The number of fused-ring (bicyclic) bond motifs is 3. The van der Waals surface area contributed by atoms with Crippen LogP contribution < -0.4 is 5.32 Å². The van der Waals surface area contributed by atoms with Crippen molar-refractivity contribution < 1.29 is 9.59 Å². The maximum absolute atomic E-state index is 13.6. The number of carbonyl (C=O) groups is 2. The van der Waals surface area contributed by atoms with Crippen LogP contribution in [0.1, 0.15) is 64.0 Å². The lowest BCUT2D eigenvalue weighted by molar-refractivity contribution is -0.134. The number of hydrogen-bond acceptors (Lipinski definition) is 3. The van der Waals surface area contributed by atoms with Crippen LogP contribution >= 0.6 is 0 Å². The Morgan fingerprint density at radius 1 is 1.28 bits per heavy atom. The van der Waals surface area contributed by atoms with Gasteiger partial charge in [-0.3, -0.25) is 9.59 Å². The van der Waals surface area contributed by atoms with E-state index in [0.717, 1.165) is 30.3 Å². The largest absolute Gasteiger partial charge is 0.351 e. The quantitative estimate of drug-likeness (QED) is 0.859. The van der Waals surface area contributed by atoms with Crippen molar-refractivity contribution in [3.05, 3.63) is 30.1 Å². The van der Waals surface area contributed by atoms with Crippen molar-refractivity contribution in [3.8, 4) is 0 Å². The fourth-order valence-corrected chi connectivity index (χ4v) is 5.01. The predicted molar refractivity (Wildman–Crippen MR) is 114 cm³/mol. The highest BCUT2D eigenvalue weighted by Gasteiger charge is 2.48. The summed E-state index contributed by atoms with van der Waals surface area (Å²) in [6, 6.07) is 7.93. The van der Waals surface area contributed by atoms with Gasteiger partial charge in [0.15, 0.2) is 5.82 Å². The van der Waals surface area contributed by atoms with Gasteiger partial charge in [0.05, 0.1) is 17.6 Å². The van der Waals surface area contributed by atoms with Gasteiger partial charge in [-0.15, -0.1) is 0 Å². The first-order valence-electron chi connectivity index (χ1n) is 10.9. The maximum Gasteiger partial charge on any atom is 0.290 e. The Bertz CT molecular complexity index is 936. The highest BCUT2D eigenvalue weighted by molar-refractivity contribution is 6.01. The first kappa shape index (κ1) is 19.9. The fraction of sp³-hybridized carbons (Fsp3) is 0.609. The van der Waals surface area contributed by atoms with Gasteiger partial charge in [-0.1, -0.05) is 45.7 Å². The molecule has 0 bridgehead atoms. The minimum Gasteiger partial charge on any atom is -0.351 e. The zero-order valence-electron chi connectivity index (χ0n) is 17.9. The highest BCUT2D eigenvalue weighted by Crippen LogP contribution is 2.33. The van der Waals surface area contributed by atoms with Crippen LogP contribution in [0, 0.1) is 11.8 Å². The lowest BCUT2D eigenvalue weighted by Crippen LogP contribution is -2.65. The molecule has 0 spiro atoms. The number of imidazole rings is 1. The monoisotopic (exact) mass is 396 g/mol. The second-order valence-corrected chi connectivity index (χ2v) is 9.09. The number of nitrogens with zero attached hydrogens (tertiary/aromatic N) is 3. The standard InChI is InChI=1S/C23H32N4O2/c1-5-13-27-21(28)20-24-18-10-6-7-12-19(18)26(20)14-23(27,4)22(29)25-17-11-8-9-15(2)16(17)3/h6-7,10,12,15-17H,5,8-9,11,13-14H2,1-4H3,(H,25,29)/t15-,16-,17+,23+/m0/s1. The molecule has 0 radical (unpaired) electrons. The molecule has 1 aromatic heterocycles. The van der Waals surface area contributed by atoms with Gasteiger partial charge in [0.25, 0.3) is 5.91 Å². The maximum atomic E-state index is 13.6. The van der Waals surface area contributed by atoms with Crippen LogP contribution in [0.25, 0.3) is 11.0 Å². The molecule has 2 aromatic rings. The van der Waals surface area contributed by atoms with Crippen molar-refractivity contribution in [1.29, 1.82) is 0 Å². The number of benzene rings is 1. The van der Waals surface area contributed by atoms with E-state index in [-0.39, 0.29) is 17.9 Å². The van der Waals surface area contributed by atoms with Gasteiger partial charge in [-0.2, -0.15) is 0 Å². The van der Waals surface area contributed by atoms with Crippen LogP contribution in [0.2, 0.25) is 0 Å². The Hall–Kier alpha value is -2.37. The molecule has 1 aliphatic carbocycles. The van der Waals surface area contributed by atoms with E-state index in [9.17, 15) is 9.59 Å². The van der Waals surface area contributed by atoms with E-state index in [2.05, 4.69) is 24.1 Å². The van der Waals surface area contributed by atoms with Crippen LogP contribution in [-0.2, 0) is 11.3 Å². The smallest absolute Gasteiger partial charge is 0.290 e. The highest BCUT2D eigenvalue weighted by atomic mass is 16.2. The topological polar surface area (TPSA) is 67.2 Å². The molecule has 1 saturated carbocycles. The molecule has 29 heavy (non-hydrogen) atoms. The second kappa shape index (κ2) is 7.47. The van der Waals surface area contributed by atoms with Crippen molar-refractivity contribution in [3.63, 3.8) is 0 Å². The minimum atomic E-state index is -0.927. The molecule has 156 valence electrons. The molecule has 2 aliphatic rings. The van der Waals surface area contributed by atoms with Gasteiger partial charge in [0.1, 0.15) is 5.54 Å². The van der Waals surface area contributed by atoms with Gasteiger partial charge < -0.3 is 14.8 Å². The number of aromatic nitrogens is 2. The fourth-order valence-electron chi connectivity index (χ4n) is 5.01. The molecule has 0 saturated heterocycles. The zero-order chi connectivity index (χ0) is 20.8. The molecule has 1 aromatic carbocycles. The van der Waals surface area contributed by atoms with Crippen molar-refractivity contribution in [1.82, 2.24) is 19.8 Å². The molecule has 1 N–H and O–H groups in total. The summed E-state index contributed by atoms with van der Waals surface area (Å²) in [4.78, 5) is 33.3. The summed E-state index contributed by atoms with van der Waals surface area (Å²) in [6.45, 7) is 9.41. The molecular formula is C23H32N4O2. The summed E-state index contributed by atoms with van der Waals surface area (Å²) in [5, 5.41) is 3.32. The molecule has 2 amide bonds. The summed E-state index contributed by atoms with van der Waals surface area (Å²) in [5.74, 6) is 1.28. The Balaban J connectivity index is 1.70. The van der Waals surface area contributed by atoms with Gasteiger partial charge in [-0.25, -0.2) is 4.98 Å². The Labute approximate surface area is 172 Å². The van der Waals surface area contributed by atoms with Crippen LogP contribution in [0.5, 0.6) is 0 Å². The molecule has 0 unspecified atom stereocenters. The van der Waals surface area contributed by atoms with E-state index in [1.807, 2.05) is 42.7 Å². The molecule has 1 aliphatic heterocycles. The first-order valence-corrected chi connectivity index (χ1v) is 10.9. The van der Waals surface area contributed by atoms with Gasteiger partial charge in [0, 0.05) is 12.6 Å². The molecule has 4 rings (SSSR count). The summed E-state index contributed by atoms with van der Waals surface area (Å²) in [5.41, 5.74) is 0.779. The third kappa shape index (κ3) is 3.22. The summed E-state index contributed by atoms with van der Waals surface area (Å²) >= 11 is 0. The molecule has 1 fully saturated rings. The lowest BCUT2D eigenvalue weighted by Gasteiger charge is -2.45. The number of nitrogens with one attached hydrogen (secondary N) is 1. The summed E-state index contributed by atoms with van der Waals surface area (Å²) < 4.78 is 1.93. The van der Waals surface area contributed by atoms with E-state index >= 15 is 0 Å². The average Bonchev–Trinajstić information content (AvgIpc) is 3.07. The third-order valence-electron chi connectivity index (χ3n) is 7.11.